The second-order valence-corrected chi connectivity index (χ2v) is 10.8. The molecule has 41 heavy (non-hydrogen) atoms. The van der Waals surface area contributed by atoms with Crippen LogP contribution in [0.5, 0.6) is 0 Å². The number of hydrogen-bond acceptors (Lipinski definition) is 8. The van der Waals surface area contributed by atoms with Gasteiger partial charge in [0.1, 0.15) is 18.3 Å². The van der Waals surface area contributed by atoms with Gasteiger partial charge in [-0.05, 0) is 16.7 Å². The number of benzene rings is 3. The zero-order chi connectivity index (χ0) is 29.3. The topological polar surface area (TPSA) is 89.5 Å². The van der Waals surface area contributed by atoms with Crippen molar-refractivity contribution in [3.63, 3.8) is 0 Å². The van der Waals surface area contributed by atoms with Crippen LogP contribution in [0.1, 0.15) is 16.7 Å². The molecule has 0 radical (unpaired) electrons. The van der Waals surface area contributed by atoms with E-state index in [0.717, 1.165) is 11.1 Å². The lowest BCUT2D eigenvalue weighted by Crippen LogP contribution is -2.62. The highest BCUT2D eigenvalue weighted by Crippen LogP contribution is 2.34. The maximum Gasteiger partial charge on any atom is 0.523 e. The summed E-state index contributed by atoms with van der Waals surface area (Å²) in [4.78, 5) is 0. The Morgan fingerprint density at radius 2 is 1.17 bits per heavy atom. The number of rotatable bonds is 13. The van der Waals surface area contributed by atoms with Crippen molar-refractivity contribution in [2.24, 2.45) is 0 Å². The van der Waals surface area contributed by atoms with E-state index in [1.165, 1.54) is 7.11 Å². The molecule has 1 fully saturated rings. The third kappa shape index (κ3) is 8.58. The second-order valence-electron chi connectivity index (χ2n) is 9.26. The van der Waals surface area contributed by atoms with Gasteiger partial charge in [0.05, 0.1) is 26.4 Å². The van der Waals surface area contributed by atoms with E-state index in [1.54, 1.807) is 30.3 Å². The molecule has 3 aromatic carbocycles. The number of ether oxygens (including phenoxy) is 5. The number of hydrogen-bond donors (Lipinski definition) is 0. The average Bonchev–Trinajstić information content (AvgIpc) is 2.97. The highest BCUT2D eigenvalue weighted by Gasteiger charge is 2.55. The Kier molecular flexibility index (Phi) is 10.9. The van der Waals surface area contributed by atoms with Crippen molar-refractivity contribution in [1.82, 2.24) is 0 Å². The maximum absolute atomic E-state index is 13.4. The maximum atomic E-state index is 13.4. The second kappa shape index (κ2) is 14.4. The Hall–Kier alpha value is -2.84. The zero-order valence-electron chi connectivity index (χ0n) is 22.2. The minimum Gasteiger partial charge on any atom is -0.374 e. The predicted octanol–water partition coefficient (Wildman–Crippen LogP) is 4.98. The molecule has 0 unspecified atom stereocenters. The predicted molar refractivity (Wildman–Crippen MR) is 142 cm³/mol. The number of methoxy groups -OCH3 is 1. The van der Waals surface area contributed by atoms with Gasteiger partial charge in [0.25, 0.3) is 0 Å². The van der Waals surface area contributed by atoms with Crippen molar-refractivity contribution in [3.05, 3.63) is 108 Å². The summed E-state index contributed by atoms with van der Waals surface area (Å²) in [5, 5.41) is 0. The quantitative estimate of drug-likeness (QED) is 0.202. The van der Waals surface area contributed by atoms with Crippen molar-refractivity contribution < 1.29 is 49.5 Å². The van der Waals surface area contributed by atoms with Crippen LogP contribution in [0.15, 0.2) is 91.0 Å². The molecule has 1 heterocycles. The zero-order valence-corrected chi connectivity index (χ0v) is 23.0. The molecule has 222 valence electrons. The molecule has 0 spiro atoms. The third-order valence-corrected chi connectivity index (χ3v) is 7.35. The minimum atomic E-state index is -6.04. The summed E-state index contributed by atoms with van der Waals surface area (Å²) >= 11 is 0. The molecule has 8 nitrogen and oxygen atoms in total. The molecule has 0 amide bonds. The summed E-state index contributed by atoms with van der Waals surface area (Å²) in [5.74, 6) is 0. The van der Waals surface area contributed by atoms with Crippen molar-refractivity contribution in [1.29, 1.82) is 0 Å². The van der Waals surface area contributed by atoms with Gasteiger partial charge in [-0.2, -0.15) is 21.6 Å². The normalized spacial score (nSPS) is 23.4. The van der Waals surface area contributed by atoms with Crippen LogP contribution in [0.2, 0.25) is 0 Å². The van der Waals surface area contributed by atoms with E-state index in [2.05, 4.69) is 0 Å². The average molecular weight is 597 g/mol. The molecular formula is C29H31F3O8S. The van der Waals surface area contributed by atoms with Crippen LogP contribution in [-0.2, 0) is 57.8 Å². The summed E-state index contributed by atoms with van der Waals surface area (Å²) in [7, 11) is -4.87. The minimum absolute atomic E-state index is 0.0334. The highest BCUT2D eigenvalue weighted by atomic mass is 32.2. The molecule has 1 saturated heterocycles. The van der Waals surface area contributed by atoms with E-state index < -0.39 is 46.3 Å². The first-order valence-corrected chi connectivity index (χ1v) is 14.2. The Balaban J connectivity index is 1.64. The monoisotopic (exact) mass is 596 g/mol. The van der Waals surface area contributed by atoms with Crippen LogP contribution in [0.3, 0.4) is 0 Å². The molecule has 0 bridgehead atoms. The molecule has 12 heteroatoms. The van der Waals surface area contributed by atoms with Crippen molar-refractivity contribution in [2.45, 2.75) is 56.0 Å². The van der Waals surface area contributed by atoms with Crippen molar-refractivity contribution in [2.75, 3.05) is 13.7 Å². The standard InChI is InChI=1S/C29H31F3O8S/c1-35-28-27(40-41(33,34)29(30,31)32)26(38-19-23-15-9-4-10-16-23)25(37-18-22-13-7-3-8-14-22)24(39-28)20-36-17-21-11-5-2-6-12-21/h2-16,24-28H,17-20H2,1H3/t24-,25-,26+,27+,28+/m0/s1. The van der Waals surface area contributed by atoms with Crippen LogP contribution < -0.4 is 0 Å². The smallest absolute Gasteiger partial charge is 0.374 e. The fourth-order valence-corrected chi connectivity index (χ4v) is 4.90. The van der Waals surface area contributed by atoms with Crippen LogP contribution in [0.4, 0.5) is 13.2 Å². The van der Waals surface area contributed by atoms with Crippen LogP contribution in [0.25, 0.3) is 0 Å². The number of alkyl halides is 3. The summed E-state index contributed by atoms with van der Waals surface area (Å²) in [6.07, 6.45) is -6.77. The summed E-state index contributed by atoms with van der Waals surface area (Å²) in [6.45, 7) is 0.127. The first-order chi connectivity index (χ1) is 19.7. The van der Waals surface area contributed by atoms with Crippen molar-refractivity contribution in [3.8, 4) is 0 Å². The van der Waals surface area contributed by atoms with Gasteiger partial charge in [-0.15, -0.1) is 0 Å². The molecule has 0 aromatic heterocycles. The molecule has 0 saturated carbocycles. The third-order valence-electron chi connectivity index (χ3n) is 6.31. The van der Waals surface area contributed by atoms with Crippen LogP contribution >= 0.6 is 0 Å². The van der Waals surface area contributed by atoms with E-state index in [1.807, 2.05) is 60.7 Å². The lowest BCUT2D eigenvalue weighted by atomic mass is 9.98. The van der Waals surface area contributed by atoms with Gasteiger partial charge < -0.3 is 23.7 Å². The van der Waals surface area contributed by atoms with Crippen molar-refractivity contribution >= 4 is 10.1 Å². The lowest BCUT2D eigenvalue weighted by Gasteiger charge is -2.45. The molecule has 4 rings (SSSR count). The van der Waals surface area contributed by atoms with Crippen LogP contribution in [0, 0.1) is 0 Å². The molecule has 0 N–H and O–H groups in total. The summed E-state index contributed by atoms with van der Waals surface area (Å²) in [6, 6.07) is 27.3. The van der Waals surface area contributed by atoms with E-state index in [-0.39, 0.29) is 26.4 Å². The van der Waals surface area contributed by atoms with Gasteiger partial charge in [0.2, 0.25) is 0 Å². The first kappa shape index (κ1) is 31.1. The molecule has 0 aliphatic carbocycles. The van der Waals surface area contributed by atoms with Gasteiger partial charge in [-0.25, -0.2) is 0 Å². The van der Waals surface area contributed by atoms with Gasteiger partial charge in [0.15, 0.2) is 12.4 Å². The Morgan fingerprint density at radius 1 is 0.707 bits per heavy atom. The van der Waals surface area contributed by atoms with Gasteiger partial charge in [0, 0.05) is 7.11 Å². The summed E-state index contributed by atoms with van der Waals surface area (Å²) in [5.41, 5.74) is -3.31. The molecule has 1 aliphatic rings. The molecular weight excluding hydrogens is 565 g/mol. The Morgan fingerprint density at radius 3 is 1.63 bits per heavy atom. The molecule has 5 atom stereocenters. The first-order valence-electron chi connectivity index (χ1n) is 12.8. The molecule has 1 aliphatic heterocycles. The van der Waals surface area contributed by atoms with Gasteiger partial charge in [-0.1, -0.05) is 91.0 Å². The fraction of sp³-hybridized carbons (Fsp3) is 0.379. The van der Waals surface area contributed by atoms with E-state index in [4.69, 9.17) is 27.9 Å². The SMILES string of the molecule is CO[C@@H]1O[C@@H](COCc2ccccc2)[C@H](OCc2ccccc2)[C@@H](OCc2ccccc2)[C@H]1OS(=O)(=O)C(F)(F)F. The van der Waals surface area contributed by atoms with Gasteiger partial charge >= 0.3 is 15.6 Å². The Labute approximate surface area is 237 Å². The van der Waals surface area contributed by atoms with Crippen LogP contribution in [-0.4, -0.2) is 58.3 Å². The van der Waals surface area contributed by atoms with E-state index in [9.17, 15) is 21.6 Å². The molecule has 3 aromatic rings. The van der Waals surface area contributed by atoms with E-state index >= 15 is 0 Å². The summed E-state index contributed by atoms with van der Waals surface area (Å²) < 4.78 is 98.4. The highest BCUT2D eigenvalue weighted by molar-refractivity contribution is 7.87. The fourth-order valence-electron chi connectivity index (χ4n) is 4.30. The lowest BCUT2D eigenvalue weighted by molar-refractivity contribution is -0.308. The Bertz CT molecular complexity index is 1290. The van der Waals surface area contributed by atoms with E-state index in [0.29, 0.717) is 5.56 Å². The largest absolute Gasteiger partial charge is 0.523 e. The van der Waals surface area contributed by atoms with Gasteiger partial charge in [-0.3, -0.25) is 4.18 Å². The number of halogens is 3.